The van der Waals surface area contributed by atoms with Crippen molar-refractivity contribution in [3.05, 3.63) is 36.5 Å². The predicted molar refractivity (Wildman–Crippen MR) is 358 cm³/mol. The number of rotatable bonds is 69. The standard InChI is InChI=1S/C76H142O6/c1-4-7-10-13-16-19-22-25-28-29-30-31-32-33-34-35-36-37-38-39-40-41-42-43-44-45-46-47-49-51-54-57-60-63-66-69-75(78)81-72-73(71-80-74(77)68-65-62-59-56-53-50-27-24-21-18-15-12-9-6-3)82-76(79)70-67-64-61-58-55-52-48-26-23-20-17-14-11-8-5-2/h22,25-26,29-30,48,73H,4-21,23-24,27-28,31-47,49-72H2,1-3H3/b25-22-,30-29-,48-26-. The second-order valence-corrected chi connectivity index (χ2v) is 25.2. The molecular weight excluding hydrogens is 1010 g/mol. The molecule has 1 atom stereocenters. The Balaban J connectivity index is 4.06. The monoisotopic (exact) mass is 1150 g/mol. The van der Waals surface area contributed by atoms with Gasteiger partial charge in [-0.05, 0) is 77.0 Å². The van der Waals surface area contributed by atoms with Gasteiger partial charge < -0.3 is 14.2 Å². The third kappa shape index (κ3) is 68.4. The van der Waals surface area contributed by atoms with Crippen LogP contribution in [0.15, 0.2) is 36.5 Å². The smallest absolute Gasteiger partial charge is 0.306 e. The molecule has 6 nitrogen and oxygen atoms in total. The van der Waals surface area contributed by atoms with Crippen LogP contribution in [-0.4, -0.2) is 37.2 Å². The van der Waals surface area contributed by atoms with Gasteiger partial charge in [0.2, 0.25) is 0 Å². The van der Waals surface area contributed by atoms with Crippen LogP contribution < -0.4 is 0 Å². The first-order valence-corrected chi connectivity index (χ1v) is 37.0. The molecule has 0 saturated heterocycles. The van der Waals surface area contributed by atoms with Crippen LogP contribution in [0.4, 0.5) is 0 Å². The number of hydrogen-bond acceptors (Lipinski definition) is 6. The van der Waals surface area contributed by atoms with Gasteiger partial charge in [0.05, 0.1) is 0 Å². The molecule has 0 aliphatic heterocycles. The highest BCUT2D eigenvalue weighted by molar-refractivity contribution is 5.71. The molecule has 0 rings (SSSR count). The Labute approximate surface area is 512 Å². The molecule has 0 amide bonds. The quantitative estimate of drug-likeness (QED) is 0.0261. The van der Waals surface area contributed by atoms with Crippen LogP contribution in [0.3, 0.4) is 0 Å². The molecule has 82 heavy (non-hydrogen) atoms. The zero-order valence-corrected chi connectivity index (χ0v) is 55.5. The van der Waals surface area contributed by atoms with E-state index in [0.29, 0.717) is 19.3 Å². The highest BCUT2D eigenvalue weighted by Crippen LogP contribution is 2.19. The molecule has 0 aromatic carbocycles. The van der Waals surface area contributed by atoms with Gasteiger partial charge in [-0.25, -0.2) is 0 Å². The maximum Gasteiger partial charge on any atom is 0.306 e. The zero-order chi connectivity index (χ0) is 59.2. The lowest BCUT2D eigenvalue weighted by Gasteiger charge is -2.18. The van der Waals surface area contributed by atoms with E-state index in [-0.39, 0.29) is 31.1 Å². The van der Waals surface area contributed by atoms with Gasteiger partial charge in [-0.2, -0.15) is 0 Å². The van der Waals surface area contributed by atoms with Crippen molar-refractivity contribution in [2.45, 2.75) is 419 Å². The third-order valence-corrected chi connectivity index (χ3v) is 16.9. The normalized spacial score (nSPS) is 12.2. The van der Waals surface area contributed by atoms with Gasteiger partial charge in [-0.15, -0.1) is 0 Å². The van der Waals surface area contributed by atoms with E-state index in [2.05, 4.69) is 57.2 Å². The van der Waals surface area contributed by atoms with E-state index in [4.69, 9.17) is 14.2 Å². The molecule has 0 aromatic rings. The topological polar surface area (TPSA) is 78.9 Å². The van der Waals surface area contributed by atoms with Gasteiger partial charge in [0.15, 0.2) is 6.10 Å². The van der Waals surface area contributed by atoms with Crippen molar-refractivity contribution < 1.29 is 28.6 Å². The summed E-state index contributed by atoms with van der Waals surface area (Å²) < 4.78 is 17.0. The van der Waals surface area contributed by atoms with E-state index in [9.17, 15) is 14.4 Å². The summed E-state index contributed by atoms with van der Waals surface area (Å²) in [5, 5.41) is 0. The maximum atomic E-state index is 12.9. The van der Waals surface area contributed by atoms with Crippen molar-refractivity contribution in [2.24, 2.45) is 0 Å². The average Bonchev–Trinajstić information content (AvgIpc) is 3.48. The van der Waals surface area contributed by atoms with E-state index in [1.807, 2.05) is 0 Å². The summed E-state index contributed by atoms with van der Waals surface area (Å²) in [5.74, 6) is -0.847. The zero-order valence-electron chi connectivity index (χ0n) is 55.5. The molecule has 1 unspecified atom stereocenters. The molecule has 0 spiro atoms. The predicted octanol–water partition coefficient (Wildman–Crippen LogP) is 25.5. The van der Waals surface area contributed by atoms with Crippen molar-refractivity contribution in [3.8, 4) is 0 Å². The van der Waals surface area contributed by atoms with Crippen molar-refractivity contribution in [1.82, 2.24) is 0 Å². The van der Waals surface area contributed by atoms with Crippen LogP contribution in [0, 0.1) is 0 Å². The Morgan fingerprint density at radius 3 is 0.683 bits per heavy atom. The SMILES string of the molecule is CCCCCCC/C=C\C/C=C\CCCCCCCCCCCCCCCCCCCCCCCCCC(=O)OCC(COC(=O)CCCCCCCCCCCCCCCC)OC(=O)CCCCCCC/C=C\CCCCCCCC. The van der Waals surface area contributed by atoms with Crippen molar-refractivity contribution in [3.63, 3.8) is 0 Å². The molecule has 0 radical (unpaired) electrons. The van der Waals surface area contributed by atoms with Gasteiger partial charge in [0.25, 0.3) is 0 Å². The molecular formula is C76H142O6. The van der Waals surface area contributed by atoms with Crippen molar-refractivity contribution in [1.29, 1.82) is 0 Å². The average molecular weight is 1150 g/mol. The van der Waals surface area contributed by atoms with Gasteiger partial charge in [-0.3, -0.25) is 14.4 Å². The van der Waals surface area contributed by atoms with Gasteiger partial charge >= 0.3 is 17.9 Å². The molecule has 0 fully saturated rings. The fourth-order valence-corrected chi connectivity index (χ4v) is 11.3. The van der Waals surface area contributed by atoms with Crippen LogP contribution >= 0.6 is 0 Å². The lowest BCUT2D eigenvalue weighted by molar-refractivity contribution is -0.167. The van der Waals surface area contributed by atoms with Gasteiger partial charge in [-0.1, -0.05) is 353 Å². The molecule has 6 heteroatoms. The molecule has 0 saturated carbocycles. The number of unbranched alkanes of at least 4 members (excludes halogenated alkanes) is 52. The minimum absolute atomic E-state index is 0.0688. The number of ether oxygens (including phenoxy) is 3. The van der Waals surface area contributed by atoms with Gasteiger partial charge in [0.1, 0.15) is 13.2 Å². The summed E-state index contributed by atoms with van der Waals surface area (Å²) >= 11 is 0. The van der Waals surface area contributed by atoms with E-state index in [0.717, 1.165) is 70.6 Å². The third-order valence-electron chi connectivity index (χ3n) is 16.9. The van der Waals surface area contributed by atoms with E-state index >= 15 is 0 Å². The molecule has 0 N–H and O–H groups in total. The highest BCUT2D eigenvalue weighted by atomic mass is 16.6. The summed E-state index contributed by atoms with van der Waals surface area (Å²) in [7, 11) is 0. The summed E-state index contributed by atoms with van der Waals surface area (Å²) in [4.78, 5) is 38.4. The molecule has 0 aromatic heterocycles. The number of esters is 3. The largest absolute Gasteiger partial charge is 0.462 e. The molecule has 0 heterocycles. The lowest BCUT2D eigenvalue weighted by atomic mass is 10.0. The summed E-state index contributed by atoms with van der Waals surface area (Å²) in [6.45, 7) is 6.69. The first-order chi connectivity index (χ1) is 40.5. The van der Waals surface area contributed by atoms with Crippen LogP contribution in [0.1, 0.15) is 412 Å². The molecule has 482 valence electrons. The fourth-order valence-electron chi connectivity index (χ4n) is 11.3. The minimum Gasteiger partial charge on any atom is -0.462 e. The van der Waals surface area contributed by atoms with Crippen LogP contribution in [0.5, 0.6) is 0 Å². The molecule has 0 aliphatic carbocycles. The first-order valence-electron chi connectivity index (χ1n) is 37.0. The highest BCUT2D eigenvalue weighted by Gasteiger charge is 2.19. The second kappa shape index (κ2) is 71.1. The van der Waals surface area contributed by atoms with Gasteiger partial charge in [0, 0.05) is 19.3 Å². The Hall–Kier alpha value is -2.37. The second-order valence-electron chi connectivity index (χ2n) is 25.2. The van der Waals surface area contributed by atoms with Crippen LogP contribution in [0.2, 0.25) is 0 Å². The van der Waals surface area contributed by atoms with E-state index < -0.39 is 6.10 Å². The Morgan fingerprint density at radius 1 is 0.244 bits per heavy atom. The first kappa shape index (κ1) is 79.6. The lowest BCUT2D eigenvalue weighted by Crippen LogP contribution is -2.30. The minimum atomic E-state index is -0.773. The Morgan fingerprint density at radius 2 is 0.439 bits per heavy atom. The Kier molecular flexibility index (Phi) is 69.1. The Bertz CT molecular complexity index is 1370. The van der Waals surface area contributed by atoms with E-state index in [1.165, 1.54) is 302 Å². The summed E-state index contributed by atoms with van der Waals surface area (Å²) in [5.41, 5.74) is 0. The number of carbonyl (C=O) groups is 3. The summed E-state index contributed by atoms with van der Waals surface area (Å²) in [6.07, 6.45) is 89.1. The van der Waals surface area contributed by atoms with Crippen LogP contribution in [0.25, 0.3) is 0 Å². The van der Waals surface area contributed by atoms with Crippen molar-refractivity contribution >= 4 is 17.9 Å². The maximum absolute atomic E-state index is 12.9. The number of allylic oxidation sites excluding steroid dienone is 6. The molecule has 0 aliphatic rings. The van der Waals surface area contributed by atoms with Crippen molar-refractivity contribution in [2.75, 3.05) is 13.2 Å². The van der Waals surface area contributed by atoms with E-state index in [1.54, 1.807) is 0 Å². The van der Waals surface area contributed by atoms with Crippen LogP contribution in [-0.2, 0) is 28.6 Å². The summed E-state index contributed by atoms with van der Waals surface area (Å²) in [6, 6.07) is 0. The molecule has 0 bridgehead atoms. The fraction of sp³-hybridized carbons (Fsp3) is 0.882. The number of carbonyl (C=O) groups excluding carboxylic acids is 3. The number of hydrogen-bond donors (Lipinski definition) is 0.